The van der Waals surface area contributed by atoms with Crippen molar-refractivity contribution in [3.8, 4) is 0 Å². The summed E-state index contributed by atoms with van der Waals surface area (Å²) in [5, 5.41) is 3.00. The molecular formula is C21H32N2O. The van der Waals surface area contributed by atoms with Crippen LogP contribution in [0.1, 0.15) is 39.5 Å². The molecule has 24 heavy (non-hydrogen) atoms. The van der Waals surface area contributed by atoms with Crippen LogP contribution >= 0.6 is 0 Å². The summed E-state index contributed by atoms with van der Waals surface area (Å²) in [7, 11) is 0. The van der Waals surface area contributed by atoms with Crippen molar-refractivity contribution in [2.45, 2.75) is 45.6 Å². The molecule has 0 unspecified atom stereocenters. The molecule has 0 bridgehead atoms. The van der Waals surface area contributed by atoms with Crippen LogP contribution in [0.25, 0.3) is 0 Å². The molecule has 0 aromatic heterocycles. The van der Waals surface area contributed by atoms with Crippen LogP contribution in [0.5, 0.6) is 0 Å². The Kier molecular flexibility index (Phi) is 10.5. The van der Waals surface area contributed by atoms with E-state index in [2.05, 4.69) is 67.1 Å². The van der Waals surface area contributed by atoms with E-state index in [1.807, 2.05) is 6.08 Å². The fourth-order valence-corrected chi connectivity index (χ4v) is 2.72. The molecule has 0 spiro atoms. The zero-order valence-corrected chi connectivity index (χ0v) is 15.2. The molecule has 1 rings (SSSR count). The lowest BCUT2D eigenvalue weighted by molar-refractivity contribution is -0.123. The molecule has 1 atom stereocenters. The van der Waals surface area contributed by atoms with Gasteiger partial charge in [-0.05, 0) is 31.8 Å². The summed E-state index contributed by atoms with van der Waals surface area (Å²) in [5.41, 5.74) is 1.28. The molecule has 1 heterocycles. The van der Waals surface area contributed by atoms with Crippen LogP contribution in [-0.4, -0.2) is 36.5 Å². The zero-order chi connectivity index (χ0) is 17.6. The summed E-state index contributed by atoms with van der Waals surface area (Å²) in [5.74, 6) is 0.175. The van der Waals surface area contributed by atoms with E-state index in [1.165, 1.54) is 5.57 Å². The molecule has 1 N–H and O–H groups in total. The number of allylic oxidation sites excluding steroid dienone is 6. The Morgan fingerprint density at radius 3 is 2.75 bits per heavy atom. The van der Waals surface area contributed by atoms with Crippen molar-refractivity contribution in [2.24, 2.45) is 0 Å². The zero-order valence-electron chi connectivity index (χ0n) is 15.2. The summed E-state index contributed by atoms with van der Waals surface area (Å²) in [6.45, 7) is 10.6. The number of carbonyl (C=O) groups excluding carboxylic acids is 1. The van der Waals surface area contributed by atoms with Crippen molar-refractivity contribution >= 4 is 5.91 Å². The van der Waals surface area contributed by atoms with Gasteiger partial charge in [0.2, 0.25) is 5.91 Å². The van der Waals surface area contributed by atoms with Crippen molar-refractivity contribution in [2.75, 3.05) is 19.6 Å². The maximum absolute atomic E-state index is 11.4. The van der Waals surface area contributed by atoms with Crippen LogP contribution in [0, 0.1) is 0 Å². The molecule has 132 valence electrons. The van der Waals surface area contributed by atoms with Crippen molar-refractivity contribution in [1.82, 2.24) is 10.2 Å². The van der Waals surface area contributed by atoms with E-state index in [1.54, 1.807) is 6.08 Å². The summed E-state index contributed by atoms with van der Waals surface area (Å²) in [6, 6.07) is 0.411. The summed E-state index contributed by atoms with van der Waals surface area (Å²) >= 11 is 0. The molecule has 1 amide bonds. The number of nitrogens with zero attached hydrogens (tertiary/aromatic N) is 1. The number of carbonyl (C=O) groups is 1. The van der Waals surface area contributed by atoms with Crippen molar-refractivity contribution in [3.05, 3.63) is 60.8 Å². The second-order valence-electron chi connectivity index (χ2n) is 5.98. The van der Waals surface area contributed by atoms with Crippen LogP contribution in [0.15, 0.2) is 60.8 Å². The summed E-state index contributed by atoms with van der Waals surface area (Å²) < 4.78 is 0. The van der Waals surface area contributed by atoms with E-state index in [0.717, 1.165) is 38.9 Å². The van der Waals surface area contributed by atoms with Gasteiger partial charge in [-0.1, -0.05) is 62.1 Å². The first-order valence-corrected chi connectivity index (χ1v) is 8.98. The molecule has 0 aliphatic carbocycles. The third-order valence-corrected chi connectivity index (χ3v) is 4.16. The van der Waals surface area contributed by atoms with Gasteiger partial charge in [-0.25, -0.2) is 0 Å². The lowest BCUT2D eigenvalue weighted by Gasteiger charge is -2.34. The molecule has 1 saturated heterocycles. The van der Waals surface area contributed by atoms with Crippen molar-refractivity contribution in [3.63, 3.8) is 0 Å². The van der Waals surface area contributed by atoms with Gasteiger partial charge in [0, 0.05) is 32.1 Å². The van der Waals surface area contributed by atoms with Crippen LogP contribution < -0.4 is 5.32 Å². The quantitative estimate of drug-likeness (QED) is 0.611. The standard InChI is InChI=1S/C21H32N2O/c1-4-7-9-10-11-12-16-23(18-19(6-3)13-8-5-2)20-14-15-21(24)22-17-20/h5-11,13,20H,2,4,12,14-18H2,1,3H3,(H,22,24)/b9-7-,11-10-,13-8-,19-6+/t20-/m0/s1. The van der Waals surface area contributed by atoms with Crippen LogP contribution in [-0.2, 0) is 4.79 Å². The Hall–Kier alpha value is -1.87. The molecule has 0 radical (unpaired) electrons. The molecule has 3 nitrogen and oxygen atoms in total. The lowest BCUT2D eigenvalue weighted by atomic mass is 10.0. The van der Waals surface area contributed by atoms with Gasteiger partial charge < -0.3 is 5.32 Å². The molecule has 3 heteroatoms. The first kappa shape index (κ1) is 20.2. The molecule has 1 aliphatic rings. The van der Waals surface area contributed by atoms with Gasteiger partial charge in [-0.3, -0.25) is 9.69 Å². The summed E-state index contributed by atoms with van der Waals surface area (Å²) in [6.07, 6.45) is 20.3. The third kappa shape index (κ3) is 8.11. The van der Waals surface area contributed by atoms with Gasteiger partial charge in [0.05, 0.1) is 0 Å². The molecule has 0 aromatic carbocycles. The second-order valence-corrected chi connectivity index (χ2v) is 5.98. The second kappa shape index (κ2) is 12.5. The number of piperidine rings is 1. The van der Waals surface area contributed by atoms with Crippen molar-refractivity contribution in [1.29, 1.82) is 0 Å². The van der Waals surface area contributed by atoms with E-state index < -0.39 is 0 Å². The first-order chi connectivity index (χ1) is 11.7. The monoisotopic (exact) mass is 328 g/mol. The number of hydrogen-bond acceptors (Lipinski definition) is 2. The Labute approximate surface area is 147 Å². The van der Waals surface area contributed by atoms with Crippen LogP contribution in [0.3, 0.4) is 0 Å². The van der Waals surface area contributed by atoms with E-state index in [0.29, 0.717) is 12.5 Å². The minimum Gasteiger partial charge on any atom is -0.355 e. The Morgan fingerprint density at radius 1 is 1.33 bits per heavy atom. The van der Waals surface area contributed by atoms with E-state index >= 15 is 0 Å². The summed E-state index contributed by atoms with van der Waals surface area (Å²) in [4.78, 5) is 13.9. The highest BCUT2D eigenvalue weighted by Gasteiger charge is 2.23. The van der Waals surface area contributed by atoms with Gasteiger partial charge in [0.15, 0.2) is 0 Å². The molecule has 0 aromatic rings. The van der Waals surface area contributed by atoms with Crippen LogP contribution in [0.2, 0.25) is 0 Å². The highest BCUT2D eigenvalue weighted by atomic mass is 16.1. The first-order valence-electron chi connectivity index (χ1n) is 8.98. The highest BCUT2D eigenvalue weighted by molar-refractivity contribution is 5.76. The maximum atomic E-state index is 11.4. The van der Waals surface area contributed by atoms with Gasteiger partial charge in [0.1, 0.15) is 0 Å². The number of rotatable bonds is 10. The number of amides is 1. The average molecular weight is 329 g/mol. The van der Waals surface area contributed by atoms with E-state index in [9.17, 15) is 4.79 Å². The van der Waals surface area contributed by atoms with Gasteiger partial charge >= 0.3 is 0 Å². The predicted octanol–water partition coefficient (Wildman–Crippen LogP) is 4.17. The Morgan fingerprint density at radius 2 is 2.12 bits per heavy atom. The van der Waals surface area contributed by atoms with Gasteiger partial charge in [-0.2, -0.15) is 0 Å². The molecule has 1 aliphatic heterocycles. The smallest absolute Gasteiger partial charge is 0.220 e. The SMILES string of the molecule is C=C/C=C\C(=C/C)CN(CC/C=C\C=C/CC)[C@H]1CCC(=O)NC1. The normalized spacial score (nSPS) is 19.7. The van der Waals surface area contributed by atoms with Crippen molar-refractivity contribution < 1.29 is 4.79 Å². The minimum atomic E-state index is 0.175. The maximum Gasteiger partial charge on any atom is 0.220 e. The third-order valence-electron chi connectivity index (χ3n) is 4.16. The van der Waals surface area contributed by atoms with E-state index in [4.69, 9.17) is 0 Å². The molecule has 0 saturated carbocycles. The number of nitrogens with one attached hydrogen (secondary N) is 1. The Balaban J connectivity index is 2.66. The fraction of sp³-hybridized carbons (Fsp3) is 0.476. The topological polar surface area (TPSA) is 32.3 Å². The highest BCUT2D eigenvalue weighted by Crippen LogP contribution is 2.14. The fourth-order valence-electron chi connectivity index (χ4n) is 2.72. The minimum absolute atomic E-state index is 0.175. The van der Waals surface area contributed by atoms with Gasteiger partial charge in [0.25, 0.3) is 0 Å². The Bertz CT molecular complexity index is 490. The van der Waals surface area contributed by atoms with E-state index in [-0.39, 0.29) is 5.91 Å². The molecular weight excluding hydrogens is 296 g/mol. The average Bonchev–Trinajstić information content (AvgIpc) is 2.60. The number of hydrogen-bond donors (Lipinski definition) is 1. The largest absolute Gasteiger partial charge is 0.355 e. The van der Waals surface area contributed by atoms with Gasteiger partial charge in [-0.15, -0.1) is 0 Å². The predicted molar refractivity (Wildman–Crippen MR) is 104 cm³/mol. The van der Waals surface area contributed by atoms with Crippen LogP contribution in [0.4, 0.5) is 0 Å². The molecule has 1 fully saturated rings. The lowest BCUT2D eigenvalue weighted by Crippen LogP contribution is -2.48.